The van der Waals surface area contributed by atoms with Gasteiger partial charge in [-0.15, -0.1) is 0 Å². The second-order valence-electron chi connectivity index (χ2n) is 2.51. The number of unbranched alkanes of at least 4 members (excludes halogenated alkanes) is 3. The molecule has 0 unspecified atom stereocenters. The van der Waals surface area contributed by atoms with E-state index in [4.69, 9.17) is 0 Å². The molecular formula is C9H16MgO. The lowest BCUT2D eigenvalue weighted by atomic mass is 10.2. The Kier molecular flexibility index (Phi) is 12.7. The number of hydrogen-bond donors (Lipinski definition) is 0. The molecule has 2 heteroatoms. The van der Waals surface area contributed by atoms with Gasteiger partial charge in [0.25, 0.3) is 0 Å². The number of carbonyl (C=O) groups excluding carboxylic acids is 1. The average Bonchev–Trinajstić information content (AvgIpc) is 1.87. The molecular weight excluding hydrogens is 148 g/mol. The van der Waals surface area contributed by atoms with E-state index in [0.717, 1.165) is 6.42 Å². The zero-order valence-corrected chi connectivity index (χ0v) is 9.01. The monoisotopic (exact) mass is 164 g/mol. The van der Waals surface area contributed by atoms with Gasteiger partial charge in [0.2, 0.25) is 0 Å². The third kappa shape index (κ3) is 13.2. The summed E-state index contributed by atoms with van der Waals surface area (Å²) in [6.45, 7) is 3.75. The van der Waals surface area contributed by atoms with Crippen LogP contribution >= 0.6 is 0 Å². The van der Waals surface area contributed by atoms with E-state index in [9.17, 15) is 4.79 Å². The van der Waals surface area contributed by atoms with Crippen LogP contribution in [-0.4, -0.2) is 28.8 Å². The van der Waals surface area contributed by atoms with Crippen molar-refractivity contribution >= 4 is 28.8 Å². The van der Waals surface area contributed by atoms with Crippen LogP contribution in [0.3, 0.4) is 0 Å². The van der Waals surface area contributed by atoms with Crippen molar-refractivity contribution in [2.75, 3.05) is 0 Å². The van der Waals surface area contributed by atoms with E-state index in [1.807, 2.05) is 6.08 Å². The molecule has 0 aliphatic carbocycles. The first kappa shape index (κ1) is 13.7. The maximum atomic E-state index is 10.4. The van der Waals surface area contributed by atoms with Crippen LogP contribution in [-0.2, 0) is 4.79 Å². The first-order chi connectivity index (χ1) is 4.77. The third-order valence-corrected chi connectivity index (χ3v) is 1.33. The Balaban J connectivity index is 0. The summed E-state index contributed by atoms with van der Waals surface area (Å²) in [5.74, 6) is 0.150. The van der Waals surface area contributed by atoms with Crippen LogP contribution in [0.15, 0.2) is 12.2 Å². The normalized spacial score (nSPS) is 9.64. The lowest BCUT2D eigenvalue weighted by molar-refractivity contribution is -0.112. The van der Waals surface area contributed by atoms with Gasteiger partial charge in [0, 0.05) is 23.1 Å². The molecule has 2 radical (unpaired) electrons. The maximum absolute atomic E-state index is 10.4. The summed E-state index contributed by atoms with van der Waals surface area (Å²) in [7, 11) is 0. The smallest absolute Gasteiger partial charge is 0.152 e. The minimum absolute atomic E-state index is 0. The van der Waals surface area contributed by atoms with Crippen molar-refractivity contribution in [1.29, 1.82) is 0 Å². The van der Waals surface area contributed by atoms with Gasteiger partial charge in [0.05, 0.1) is 0 Å². The topological polar surface area (TPSA) is 17.1 Å². The molecule has 0 N–H and O–H groups in total. The van der Waals surface area contributed by atoms with E-state index in [2.05, 4.69) is 6.92 Å². The van der Waals surface area contributed by atoms with E-state index in [1.165, 1.54) is 19.3 Å². The summed E-state index contributed by atoms with van der Waals surface area (Å²) in [5.41, 5.74) is 0. The van der Waals surface area contributed by atoms with E-state index in [1.54, 1.807) is 13.0 Å². The molecule has 0 atom stereocenters. The first-order valence-corrected chi connectivity index (χ1v) is 3.94. The molecule has 0 amide bonds. The van der Waals surface area contributed by atoms with Crippen LogP contribution in [0.2, 0.25) is 0 Å². The van der Waals surface area contributed by atoms with Gasteiger partial charge in [-0.05, 0) is 25.8 Å². The van der Waals surface area contributed by atoms with E-state index in [-0.39, 0.29) is 28.8 Å². The van der Waals surface area contributed by atoms with Gasteiger partial charge in [0.15, 0.2) is 5.78 Å². The van der Waals surface area contributed by atoms with Crippen molar-refractivity contribution in [3.05, 3.63) is 12.2 Å². The van der Waals surface area contributed by atoms with Gasteiger partial charge in [-0.3, -0.25) is 4.79 Å². The Hall–Kier alpha value is 0.176. The summed E-state index contributed by atoms with van der Waals surface area (Å²) >= 11 is 0. The fraction of sp³-hybridized carbons (Fsp3) is 0.667. The molecule has 0 bridgehead atoms. The SMILES string of the molecule is CCCCCC=CC(C)=O.[Mg]. The Bertz CT molecular complexity index is 119. The van der Waals surface area contributed by atoms with Crippen LogP contribution in [0.1, 0.15) is 39.5 Å². The zero-order valence-electron chi connectivity index (χ0n) is 7.60. The zero-order chi connectivity index (χ0) is 7.82. The number of carbonyl (C=O) groups is 1. The van der Waals surface area contributed by atoms with Crippen molar-refractivity contribution in [3.8, 4) is 0 Å². The number of allylic oxidation sites excluding steroid dienone is 2. The molecule has 0 rings (SSSR count). The second kappa shape index (κ2) is 10.2. The van der Waals surface area contributed by atoms with Crippen LogP contribution < -0.4 is 0 Å². The molecule has 0 fully saturated rings. The molecule has 60 valence electrons. The van der Waals surface area contributed by atoms with Gasteiger partial charge in [-0.1, -0.05) is 25.8 Å². The van der Waals surface area contributed by atoms with Gasteiger partial charge >= 0.3 is 0 Å². The fourth-order valence-electron chi connectivity index (χ4n) is 0.761. The molecule has 0 spiro atoms. The van der Waals surface area contributed by atoms with Crippen molar-refractivity contribution in [2.24, 2.45) is 0 Å². The standard InChI is InChI=1S/C9H16O.Mg/c1-3-4-5-6-7-8-9(2)10;/h7-8H,3-6H2,1-2H3;. The number of ketones is 1. The van der Waals surface area contributed by atoms with Crippen LogP contribution in [0.25, 0.3) is 0 Å². The van der Waals surface area contributed by atoms with Crippen LogP contribution in [0, 0.1) is 0 Å². The van der Waals surface area contributed by atoms with E-state index in [0.29, 0.717) is 0 Å². The highest BCUT2D eigenvalue weighted by molar-refractivity contribution is 5.87. The van der Waals surface area contributed by atoms with Gasteiger partial charge in [0.1, 0.15) is 0 Å². The molecule has 0 heterocycles. The first-order valence-electron chi connectivity index (χ1n) is 3.94. The Morgan fingerprint density at radius 1 is 1.36 bits per heavy atom. The molecule has 0 saturated carbocycles. The summed E-state index contributed by atoms with van der Waals surface area (Å²) in [5, 5.41) is 0. The van der Waals surface area contributed by atoms with Crippen molar-refractivity contribution < 1.29 is 4.79 Å². The van der Waals surface area contributed by atoms with Gasteiger partial charge in [-0.25, -0.2) is 0 Å². The van der Waals surface area contributed by atoms with Crippen molar-refractivity contribution in [1.82, 2.24) is 0 Å². The van der Waals surface area contributed by atoms with E-state index < -0.39 is 0 Å². The molecule has 11 heavy (non-hydrogen) atoms. The Morgan fingerprint density at radius 2 is 2.00 bits per heavy atom. The molecule has 1 nitrogen and oxygen atoms in total. The summed E-state index contributed by atoms with van der Waals surface area (Å²) < 4.78 is 0. The average molecular weight is 165 g/mol. The minimum Gasteiger partial charge on any atom is -0.295 e. The van der Waals surface area contributed by atoms with Crippen LogP contribution in [0.4, 0.5) is 0 Å². The minimum atomic E-state index is 0. The highest BCUT2D eigenvalue weighted by atomic mass is 24.3. The molecule has 0 aromatic heterocycles. The van der Waals surface area contributed by atoms with Gasteiger partial charge in [-0.2, -0.15) is 0 Å². The Labute approximate surface area is 85.4 Å². The number of hydrogen-bond acceptors (Lipinski definition) is 1. The highest BCUT2D eigenvalue weighted by Crippen LogP contribution is 1.99. The summed E-state index contributed by atoms with van der Waals surface area (Å²) in [4.78, 5) is 10.4. The maximum Gasteiger partial charge on any atom is 0.152 e. The number of rotatable bonds is 5. The molecule has 0 aliphatic rings. The highest BCUT2D eigenvalue weighted by Gasteiger charge is 1.83. The van der Waals surface area contributed by atoms with Crippen molar-refractivity contribution in [3.63, 3.8) is 0 Å². The Morgan fingerprint density at radius 3 is 2.45 bits per heavy atom. The van der Waals surface area contributed by atoms with Gasteiger partial charge < -0.3 is 0 Å². The summed E-state index contributed by atoms with van der Waals surface area (Å²) in [6, 6.07) is 0. The lowest BCUT2D eigenvalue weighted by Crippen LogP contribution is -1.79. The van der Waals surface area contributed by atoms with Crippen LogP contribution in [0.5, 0.6) is 0 Å². The third-order valence-electron chi connectivity index (χ3n) is 1.33. The lowest BCUT2D eigenvalue weighted by Gasteiger charge is -1.89. The second-order valence-corrected chi connectivity index (χ2v) is 2.51. The predicted octanol–water partition coefficient (Wildman–Crippen LogP) is 2.33. The summed E-state index contributed by atoms with van der Waals surface area (Å²) in [6.07, 6.45) is 8.37. The fourth-order valence-corrected chi connectivity index (χ4v) is 0.761. The molecule has 0 aromatic rings. The molecule has 0 aliphatic heterocycles. The van der Waals surface area contributed by atoms with E-state index >= 15 is 0 Å². The molecule has 0 aromatic carbocycles. The predicted molar refractivity (Wildman–Crippen MR) is 49.7 cm³/mol. The van der Waals surface area contributed by atoms with Crippen molar-refractivity contribution in [2.45, 2.75) is 39.5 Å². The quantitative estimate of drug-likeness (QED) is 0.346. The molecule has 0 saturated heterocycles. The largest absolute Gasteiger partial charge is 0.295 e.